The Bertz CT molecular complexity index is 56.9. The van der Waals surface area contributed by atoms with Gasteiger partial charge in [-0.05, 0) is 0 Å². The molecule has 0 aromatic rings. The van der Waals surface area contributed by atoms with Gasteiger partial charge in [-0.3, -0.25) is 0 Å². The lowest BCUT2D eigenvalue weighted by atomic mass is 10.4. The summed E-state index contributed by atoms with van der Waals surface area (Å²) >= 11 is 0. The van der Waals surface area contributed by atoms with Crippen LogP contribution in [0.3, 0.4) is 0 Å². The molecule has 1 atom stereocenters. The van der Waals surface area contributed by atoms with Gasteiger partial charge in [-0.25, -0.2) is 0 Å². The first-order valence-corrected chi connectivity index (χ1v) is 1.90. The minimum atomic E-state index is -0.613. The summed E-state index contributed by atoms with van der Waals surface area (Å²) in [4.78, 5) is 9.54. The number of hydrogen-bond donors (Lipinski definition) is 3. The summed E-state index contributed by atoms with van der Waals surface area (Å²) in [5.41, 5.74) is 6.70. The van der Waals surface area contributed by atoms with Crippen LogP contribution in [0.5, 0.6) is 0 Å². The van der Waals surface area contributed by atoms with Crippen molar-refractivity contribution < 1.29 is 10.0 Å². The molecule has 0 heterocycles. The molecule has 0 aliphatic rings. The molecular formula is C3H8N2O2. The van der Waals surface area contributed by atoms with E-state index in [-0.39, 0.29) is 6.42 Å². The molecular weight excluding hydrogens is 96.0 g/mol. The number of aldehydes is 1. The maximum absolute atomic E-state index is 9.54. The first-order valence-electron chi connectivity index (χ1n) is 1.90. The van der Waals surface area contributed by atoms with E-state index in [1.54, 1.807) is 5.48 Å². The quantitative estimate of drug-likeness (QED) is 0.240. The van der Waals surface area contributed by atoms with Crippen molar-refractivity contribution in [1.29, 1.82) is 0 Å². The highest BCUT2D eigenvalue weighted by Gasteiger charge is 1.93. The van der Waals surface area contributed by atoms with Crippen LogP contribution in [0.2, 0.25) is 0 Å². The van der Waals surface area contributed by atoms with Gasteiger partial charge in [-0.2, -0.15) is 5.48 Å². The lowest BCUT2D eigenvalue weighted by molar-refractivity contribution is -0.108. The van der Waals surface area contributed by atoms with Crippen molar-refractivity contribution in [3.63, 3.8) is 0 Å². The third-order valence-electron chi connectivity index (χ3n) is 0.516. The number of hydroxylamine groups is 1. The fourth-order valence-corrected chi connectivity index (χ4v) is 0.156. The topological polar surface area (TPSA) is 75.4 Å². The fraction of sp³-hybridized carbons (Fsp3) is 0.667. The summed E-state index contributed by atoms with van der Waals surface area (Å²) in [6, 6.07) is 0. The summed E-state index contributed by atoms with van der Waals surface area (Å²) in [6.07, 6.45) is 0.155. The summed E-state index contributed by atoms with van der Waals surface area (Å²) in [5.74, 6) is 0. The van der Waals surface area contributed by atoms with Crippen LogP contribution in [0.1, 0.15) is 6.42 Å². The molecule has 0 aliphatic heterocycles. The smallest absolute Gasteiger partial charge is 0.122 e. The summed E-state index contributed by atoms with van der Waals surface area (Å²) < 4.78 is 0. The van der Waals surface area contributed by atoms with E-state index in [2.05, 4.69) is 0 Å². The highest BCUT2D eigenvalue weighted by atomic mass is 16.5. The van der Waals surface area contributed by atoms with Crippen molar-refractivity contribution >= 4 is 6.29 Å². The predicted molar refractivity (Wildman–Crippen MR) is 23.6 cm³/mol. The normalized spacial score (nSPS) is 13.4. The number of rotatable bonds is 3. The summed E-state index contributed by atoms with van der Waals surface area (Å²) in [7, 11) is 0. The second kappa shape index (κ2) is 3.73. The molecule has 42 valence electrons. The SMILES string of the molecule is NC(CC=O)NO. The maximum atomic E-state index is 9.54. The zero-order valence-corrected chi connectivity index (χ0v) is 3.79. The van der Waals surface area contributed by atoms with Gasteiger partial charge in [0.25, 0.3) is 0 Å². The maximum Gasteiger partial charge on any atom is 0.122 e. The van der Waals surface area contributed by atoms with Crippen molar-refractivity contribution in [3.8, 4) is 0 Å². The Morgan fingerprint density at radius 1 is 2.00 bits per heavy atom. The fourth-order valence-electron chi connectivity index (χ4n) is 0.156. The molecule has 4 nitrogen and oxygen atoms in total. The predicted octanol–water partition coefficient (Wildman–Crippen LogP) is -1.16. The molecule has 0 aliphatic carbocycles. The Hall–Kier alpha value is -0.450. The summed E-state index contributed by atoms with van der Waals surface area (Å²) in [5, 5.41) is 7.93. The lowest BCUT2D eigenvalue weighted by Gasteiger charge is -2.00. The zero-order chi connectivity index (χ0) is 5.70. The molecule has 0 saturated carbocycles. The first-order chi connectivity index (χ1) is 3.31. The molecule has 0 fully saturated rings. The van der Waals surface area contributed by atoms with Gasteiger partial charge in [0.15, 0.2) is 0 Å². The number of nitrogens with two attached hydrogens (primary N) is 1. The van der Waals surface area contributed by atoms with E-state index in [0.29, 0.717) is 6.29 Å². The Morgan fingerprint density at radius 3 is 2.71 bits per heavy atom. The van der Waals surface area contributed by atoms with E-state index in [4.69, 9.17) is 10.9 Å². The van der Waals surface area contributed by atoms with Crippen molar-refractivity contribution in [2.75, 3.05) is 0 Å². The molecule has 4 heteroatoms. The van der Waals surface area contributed by atoms with Gasteiger partial charge in [-0.1, -0.05) is 0 Å². The van der Waals surface area contributed by atoms with Crippen molar-refractivity contribution in [3.05, 3.63) is 0 Å². The largest absolute Gasteiger partial charge is 0.315 e. The molecule has 0 radical (unpaired) electrons. The Labute approximate surface area is 41.3 Å². The van der Waals surface area contributed by atoms with E-state index >= 15 is 0 Å². The number of carbonyl (C=O) groups excluding carboxylic acids is 1. The van der Waals surface area contributed by atoms with Gasteiger partial charge < -0.3 is 15.7 Å². The molecule has 1 unspecified atom stereocenters. The average molecular weight is 104 g/mol. The Kier molecular flexibility index (Phi) is 3.49. The van der Waals surface area contributed by atoms with Gasteiger partial charge >= 0.3 is 0 Å². The van der Waals surface area contributed by atoms with Gasteiger partial charge in [0.2, 0.25) is 0 Å². The standard InChI is InChI=1S/C3H8N2O2/c4-3(5-7)1-2-6/h2-3,5,7H,1,4H2. The molecule has 0 aromatic carbocycles. The molecule has 0 aromatic heterocycles. The number of nitrogens with one attached hydrogen (secondary N) is 1. The van der Waals surface area contributed by atoms with Crippen LogP contribution in [0.25, 0.3) is 0 Å². The zero-order valence-electron chi connectivity index (χ0n) is 3.79. The van der Waals surface area contributed by atoms with E-state index in [0.717, 1.165) is 0 Å². The molecule has 0 rings (SSSR count). The second-order valence-electron chi connectivity index (χ2n) is 1.14. The van der Waals surface area contributed by atoms with Crippen LogP contribution < -0.4 is 11.2 Å². The lowest BCUT2D eigenvalue weighted by Crippen LogP contribution is -2.34. The highest BCUT2D eigenvalue weighted by Crippen LogP contribution is 1.71. The Balaban J connectivity index is 2.98. The van der Waals surface area contributed by atoms with Crippen LogP contribution in [-0.2, 0) is 4.79 Å². The first kappa shape index (κ1) is 6.55. The highest BCUT2D eigenvalue weighted by molar-refractivity contribution is 5.50. The number of carbonyl (C=O) groups is 1. The third-order valence-corrected chi connectivity index (χ3v) is 0.516. The minimum Gasteiger partial charge on any atom is -0.315 e. The van der Waals surface area contributed by atoms with Crippen LogP contribution in [0.4, 0.5) is 0 Å². The van der Waals surface area contributed by atoms with Crippen molar-refractivity contribution in [2.45, 2.75) is 12.6 Å². The monoisotopic (exact) mass is 104 g/mol. The average Bonchev–Trinajstić information content (AvgIpc) is 1.68. The van der Waals surface area contributed by atoms with Gasteiger partial charge in [0.05, 0.1) is 6.17 Å². The minimum absolute atomic E-state index is 0.135. The van der Waals surface area contributed by atoms with Crippen LogP contribution in [0.15, 0.2) is 0 Å². The molecule has 0 spiro atoms. The molecule has 0 saturated heterocycles. The molecule has 0 amide bonds. The van der Waals surface area contributed by atoms with Gasteiger partial charge in [0.1, 0.15) is 6.29 Å². The third kappa shape index (κ3) is 3.38. The van der Waals surface area contributed by atoms with E-state index in [1.807, 2.05) is 0 Å². The van der Waals surface area contributed by atoms with Crippen LogP contribution >= 0.6 is 0 Å². The summed E-state index contributed by atoms with van der Waals surface area (Å²) in [6.45, 7) is 0. The Morgan fingerprint density at radius 2 is 2.57 bits per heavy atom. The molecule has 0 bridgehead atoms. The van der Waals surface area contributed by atoms with E-state index in [9.17, 15) is 4.79 Å². The van der Waals surface area contributed by atoms with Gasteiger partial charge in [-0.15, -0.1) is 0 Å². The van der Waals surface area contributed by atoms with Crippen molar-refractivity contribution in [1.82, 2.24) is 5.48 Å². The van der Waals surface area contributed by atoms with Crippen molar-refractivity contribution in [2.24, 2.45) is 5.73 Å². The van der Waals surface area contributed by atoms with E-state index < -0.39 is 6.17 Å². The number of hydrogen-bond acceptors (Lipinski definition) is 4. The van der Waals surface area contributed by atoms with Gasteiger partial charge in [0, 0.05) is 6.42 Å². The molecule has 7 heavy (non-hydrogen) atoms. The van der Waals surface area contributed by atoms with Crippen LogP contribution in [0, 0.1) is 0 Å². The van der Waals surface area contributed by atoms with E-state index in [1.165, 1.54) is 0 Å². The van der Waals surface area contributed by atoms with Crippen LogP contribution in [-0.4, -0.2) is 17.7 Å². The molecule has 4 N–H and O–H groups in total. The second-order valence-corrected chi connectivity index (χ2v) is 1.14.